The van der Waals surface area contributed by atoms with Crippen molar-refractivity contribution in [1.29, 1.82) is 0 Å². The van der Waals surface area contributed by atoms with Crippen molar-refractivity contribution in [2.24, 2.45) is 0 Å². The van der Waals surface area contributed by atoms with E-state index < -0.39 is 5.60 Å². The summed E-state index contributed by atoms with van der Waals surface area (Å²) >= 11 is 0. The second kappa shape index (κ2) is 2.27. The first-order valence-corrected chi connectivity index (χ1v) is 3.53. The number of ether oxygens (including phenoxy) is 1. The molecule has 1 rings (SSSR count). The van der Waals surface area contributed by atoms with Gasteiger partial charge in [0.05, 0.1) is 11.7 Å². The van der Waals surface area contributed by atoms with Crippen LogP contribution in [0.3, 0.4) is 0 Å². The Labute approximate surface area is 55.8 Å². The molecule has 0 bridgehead atoms. The van der Waals surface area contributed by atoms with Gasteiger partial charge in [-0.05, 0) is 26.7 Å². The SMILES string of the molecule is CCOC(C)C1(O)CC1. The lowest BCUT2D eigenvalue weighted by atomic mass is 10.2. The molecule has 54 valence electrons. The molecule has 1 fully saturated rings. The number of rotatable bonds is 3. The van der Waals surface area contributed by atoms with Crippen LogP contribution in [0.25, 0.3) is 0 Å². The molecule has 0 aromatic heterocycles. The van der Waals surface area contributed by atoms with Crippen molar-refractivity contribution < 1.29 is 9.84 Å². The van der Waals surface area contributed by atoms with Gasteiger partial charge >= 0.3 is 0 Å². The van der Waals surface area contributed by atoms with Crippen LogP contribution in [-0.4, -0.2) is 23.4 Å². The highest BCUT2D eigenvalue weighted by Gasteiger charge is 2.46. The van der Waals surface area contributed by atoms with Crippen LogP contribution in [0, 0.1) is 0 Å². The molecular weight excluding hydrogens is 116 g/mol. The molecule has 0 aromatic rings. The minimum Gasteiger partial charge on any atom is -0.387 e. The molecule has 1 atom stereocenters. The van der Waals surface area contributed by atoms with Crippen molar-refractivity contribution in [3.05, 3.63) is 0 Å². The van der Waals surface area contributed by atoms with Crippen molar-refractivity contribution in [2.45, 2.75) is 38.4 Å². The van der Waals surface area contributed by atoms with E-state index in [1.165, 1.54) is 0 Å². The normalized spacial score (nSPS) is 25.7. The van der Waals surface area contributed by atoms with Gasteiger partial charge in [-0.2, -0.15) is 0 Å². The lowest BCUT2D eigenvalue weighted by Crippen LogP contribution is -2.27. The van der Waals surface area contributed by atoms with Gasteiger partial charge in [-0.3, -0.25) is 0 Å². The first-order chi connectivity index (χ1) is 4.19. The Balaban J connectivity index is 2.24. The van der Waals surface area contributed by atoms with Crippen LogP contribution < -0.4 is 0 Å². The minimum absolute atomic E-state index is 0.0301. The molecule has 1 saturated carbocycles. The lowest BCUT2D eigenvalue weighted by Gasteiger charge is -2.16. The molecule has 0 radical (unpaired) electrons. The Morgan fingerprint density at radius 1 is 1.67 bits per heavy atom. The summed E-state index contributed by atoms with van der Waals surface area (Å²) in [5.74, 6) is 0. The highest BCUT2D eigenvalue weighted by molar-refractivity contribution is 4.98. The van der Waals surface area contributed by atoms with Crippen molar-refractivity contribution in [3.63, 3.8) is 0 Å². The van der Waals surface area contributed by atoms with Gasteiger partial charge in [-0.15, -0.1) is 0 Å². The van der Waals surface area contributed by atoms with Crippen LogP contribution in [-0.2, 0) is 4.74 Å². The molecule has 0 spiro atoms. The Hall–Kier alpha value is -0.0800. The highest BCUT2D eigenvalue weighted by atomic mass is 16.5. The summed E-state index contributed by atoms with van der Waals surface area (Å²) in [6, 6.07) is 0. The van der Waals surface area contributed by atoms with Gasteiger partial charge in [0.1, 0.15) is 0 Å². The average Bonchev–Trinajstić information content (AvgIpc) is 2.50. The summed E-state index contributed by atoms with van der Waals surface area (Å²) in [4.78, 5) is 0. The third-order valence-electron chi connectivity index (χ3n) is 1.94. The zero-order valence-corrected chi connectivity index (χ0v) is 6.05. The Morgan fingerprint density at radius 3 is 2.56 bits per heavy atom. The van der Waals surface area contributed by atoms with Crippen LogP contribution in [0.5, 0.6) is 0 Å². The third kappa shape index (κ3) is 1.43. The van der Waals surface area contributed by atoms with E-state index in [0.29, 0.717) is 6.61 Å². The lowest BCUT2D eigenvalue weighted by molar-refractivity contribution is -0.0371. The van der Waals surface area contributed by atoms with Crippen LogP contribution in [0.15, 0.2) is 0 Å². The van der Waals surface area contributed by atoms with E-state index in [1.54, 1.807) is 0 Å². The van der Waals surface area contributed by atoms with E-state index in [0.717, 1.165) is 12.8 Å². The second-order valence-corrected chi connectivity index (χ2v) is 2.70. The van der Waals surface area contributed by atoms with Gasteiger partial charge in [-0.25, -0.2) is 0 Å². The zero-order chi connectivity index (χ0) is 6.91. The maximum absolute atomic E-state index is 9.40. The zero-order valence-electron chi connectivity index (χ0n) is 6.05. The van der Waals surface area contributed by atoms with Crippen LogP contribution in [0.2, 0.25) is 0 Å². The average molecular weight is 130 g/mol. The van der Waals surface area contributed by atoms with E-state index >= 15 is 0 Å². The largest absolute Gasteiger partial charge is 0.387 e. The molecule has 0 heterocycles. The van der Waals surface area contributed by atoms with Crippen LogP contribution >= 0.6 is 0 Å². The second-order valence-electron chi connectivity index (χ2n) is 2.70. The maximum atomic E-state index is 9.40. The van der Waals surface area contributed by atoms with Crippen LogP contribution in [0.4, 0.5) is 0 Å². The first kappa shape index (κ1) is 7.03. The molecule has 1 aliphatic rings. The quantitative estimate of drug-likeness (QED) is 0.616. The fourth-order valence-electron chi connectivity index (χ4n) is 0.940. The molecule has 0 aromatic carbocycles. The number of hydrogen-bond acceptors (Lipinski definition) is 2. The van der Waals surface area contributed by atoms with Gasteiger partial charge < -0.3 is 9.84 Å². The summed E-state index contributed by atoms with van der Waals surface area (Å²) < 4.78 is 5.22. The van der Waals surface area contributed by atoms with E-state index in [4.69, 9.17) is 4.74 Å². The molecule has 2 heteroatoms. The summed E-state index contributed by atoms with van der Waals surface area (Å²) in [6.45, 7) is 4.57. The molecule has 1 N–H and O–H groups in total. The summed E-state index contributed by atoms with van der Waals surface area (Å²) in [6.07, 6.45) is 1.85. The highest BCUT2D eigenvalue weighted by Crippen LogP contribution is 2.39. The Bertz CT molecular complexity index is 97.1. The third-order valence-corrected chi connectivity index (χ3v) is 1.94. The monoisotopic (exact) mass is 130 g/mol. The van der Waals surface area contributed by atoms with Gasteiger partial charge in [0.15, 0.2) is 0 Å². The first-order valence-electron chi connectivity index (χ1n) is 3.53. The summed E-state index contributed by atoms with van der Waals surface area (Å²) in [5, 5.41) is 9.40. The van der Waals surface area contributed by atoms with Crippen molar-refractivity contribution >= 4 is 0 Å². The standard InChI is InChI=1S/C7H14O2/c1-3-9-6(2)7(8)4-5-7/h6,8H,3-5H2,1-2H3. The fourth-order valence-corrected chi connectivity index (χ4v) is 0.940. The van der Waals surface area contributed by atoms with Crippen molar-refractivity contribution in [2.75, 3.05) is 6.61 Å². The Morgan fingerprint density at radius 2 is 2.22 bits per heavy atom. The van der Waals surface area contributed by atoms with Gasteiger partial charge in [0.2, 0.25) is 0 Å². The molecule has 1 unspecified atom stereocenters. The minimum atomic E-state index is -0.462. The fraction of sp³-hybridized carbons (Fsp3) is 1.00. The van der Waals surface area contributed by atoms with Gasteiger partial charge in [0.25, 0.3) is 0 Å². The van der Waals surface area contributed by atoms with Crippen LogP contribution in [0.1, 0.15) is 26.7 Å². The molecule has 0 aliphatic heterocycles. The molecule has 2 nitrogen and oxygen atoms in total. The topological polar surface area (TPSA) is 29.5 Å². The summed E-state index contributed by atoms with van der Waals surface area (Å²) in [7, 11) is 0. The predicted molar refractivity (Wildman–Crippen MR) is 35.3 cm³/mol. The van der Waals surface area contributed by atoms with E-state index in [-0.39, 0.29) is 6.10 Å². The van der Waals surface area contributed by atoms with E-state index in [1.807, 2.05) is 13.8 Å². The molecule has 1 aliphatic carbocycles. The van der Waals surface area contributed by atoms with Crippen molar-refractivity contribution in [1.82, 2.24) is 0 Å². The number of hydrogen-bond donors (Lipinski definition) is 1. The van der Waals surface area contributed by atoms with Gasteiger partial charge in [-0.1, -0.05) is 0 Å². The van der Waals surface area contributed by atoms with E-state index in [9.17, 15) is 5.11 Å². The molecular formula is C7H14O2. The summed E-state index contributed by atoms with van der Waals surface area (Å²) in [5.41, 5.74) is -0.462. The predicted octanol–water partition coefficient (Wildman–Crippen LogP) is 0.936. The molecule has 9 heavy (non-hydrogen) atoms. The number of aliphatic hydroxyl groups is 1. The van der Waals surface area contributed by atoms with E-state index in [2.05, 4.69) is 0 Å². The smallest absolute Gasteiger partial charge is 0.0907 e. The van der Waals surface area contributed by atoms with Gasteiger partial charge in [0, 0.05) is 6.61 Å². The Kier molecular flexibility index (Phi) is 1.78. The molecule has 0 saturated heterocycles. The van der Waals surface area contributed by atoms with Crippen molar-refractivity contribution in [3.8, 4) is 0 Å². The molecule has 0 amide bonds. The maximum Gasteiger partial charge on any atom is 0.0907 e.